The SMILES string of the molecule is O=C(Nc1ccc(CCCCn2c(=O)oc3cc(CNC[C@H](O)c4ccc(O)c5[nH]c(=O)ccc45)ccc32)cc1-c1ccccc1)O[C@H]1CN2CCC1CC2. The Morgan fingerprint density at radius 1 is 0.945 bits per heavy atom. The summed E-state index contributed by atoms with van der Waals surface area (Å²) in [6.07, 6.45) is 3.20. The number of aryl methyl sites for hydroxylation is 2. The largest absolute Gasteiger partial charge is 0.506 e. The Hall–Kier alpha value is -5.69. The predicted molar refractivity (Wildman–Crippen MR) is 211 cm³/mol. The highest BCUT2D eigenvalue weighted by Gasteiger charge is 2.36. The van der Waals surface area contributed by atoms with Crippen LogP contribution in [0.25, 0.3) is 33.1 Å². The number of nitrogens with zero attached hydrogens (tertiary/aromatic N) is 2. The number of ether oxygens (including phenoxy) is 1. The number of rotatable bonds is 13. The van der Waals surface area contributed by atoms with Crippen molar-refractivity contribution in [3.05, 3.63) is 129 Å². The summed E-state index contributed by atoms with van der Waals surface area (Å²) in [7, 11) is 0. The van der Waals surface area contributed by atoms with E-state index in [-0.39, 0.29) is 29.5 Å². The van der Waals surface area contributed by atoms with Crippen LogP contribution in [0.1, 0.15) is 48.5 Å². The number of pyridine rings is 1. The molecule has 3 fully saturated rings. The number of fused-ring (bicyclic) bond motifs is 5. The number of nitrogens with one attached hydrogen (secondary N) is 3. The lowest BCUT2D eigenvalue weighted by Gasteiger charge is -2.43. The van der Waals surface area contributed by atoms with Crippen molar-refractivity contribution < 1.29 is 24.2 Å². The van der Waals surface area contributed by atoms with Gasteiger partial charge in [0.25, 0.3) is 0 Å². The summed E-state index contributed by atoms with van der Waals surface area (Å²) in [4.78, 5) is 42.6. The van der Waals surface area contributed by atoms with E-state index in [1.807, 2.05) is 60.7 Å². The van der Waals surface area contributed by atoms with Gasteiger partial charge in [-0.15, -0.1) is 0 Å². The summed E-state index contributed by atoms with van der Waals surface area (Å²) in [6.45, 7) is 4.14. The molecule has 0 aliphatic carbocycles. The molecule has 2 aromatic heterocycles. The number of aliphatic hydroxyl groups excluding tert-OH is 1. The van der Waals surface area contributed by atoms with E-state index in [0.29, 0.717) is 41.2 Å². The van der Waals surface area contributed by atoms with E-state index in [1.54, 1.807) is 16.7 Å². The fourth-order valence-corrected chi connectivity index (χ4v) is 8.08. The molecule has 3 saturated heterocycles. The summed E-state index contributed by atoms with van der Waals surface area (Å²) in [5.74, 6) is -0.0277. The van der Waals surface area contributed by atoms with Gasteiger partial charge in [-0.2, -0.15) is 0 Å². The van der Waals surface area contributed by atoms with E-state index in [1.165, 1.54) is 12.1 Å². The minimum atomic E-state index is -0.889. The average Bonchev–Trinajstić information content (AvgIpc) is 3.51. The highest BCUT2D eigenvalue weighted by atomic mass is 16.6. The molecule has 0 radical (unpaired) electrons. The van der Waals surface area contributed by atoms with Crippen LogP contribution in [0.3, 0.4) is 0 Å². The summed E-state index contributed by atoms with van der Waals surface area (Å²) in [5, 5.41) is 27.9. The van der Waals surface area contributed by atoms with Crippen LogP contribution in [0, 0.1) is 5.92 Å². The molecule has 0 saturated carbocycles. The number of aromatic amines is 1. The van der Waals surface area contributed by atoms with Gasteiger partial charge in [0.2, 0.25) is 5.56 Å². The van der Waals surface area contributed by atoms with Gasteiger partial charge in [-0.05, 0) is 110 Å². The Labute approximate surface area is 317 Å². The van der Waals surface area contributed by atoms with Crippen LogP contribution in [0.15, 0.2) is 105 Å². The van der Waals surface area contributed by atoms with E-state index in [9.17, 15) is 24.6 Å². The van der Waals surface area contributed by atoms with Crippen LogP contribution in [0.4, 0.5) is 10.5 Å². The topological polar surface area (TPSA) is 162 Å². The second kappa shape index (κ2) is 16.0. The van der Waals surface area contributed by atoms with E-state index >= 15 is 0 Å². The highest BCUT2D eigenvalue weighted by molar-refractivity contribution is 5.92. The molecule has 3 aliphatic rings. The summed E-state index contributed by atoms with van der Waals surface area (Å²) in [6, 6.07) is 27.8. The smallest absolute Gasteiger partial charge is 0.419 e. The molecule has 5 N–H and O–H groups in total. The van der Waals surface area contributed by atoms with E-state index in [4.69, 9.17) is 9.15 Å². The number of phenols is 1. The van der Waals surface area contributed by atoms with Gasteiger partial charge >= 0.3 is 11.8 Å². The fourth-order valence-electron chi connectivity index (χ4n) is 8.08. The number of oxazole rings is 1. The first-order valence-electron chi connectivity index (χ1n) is 19.0. The molecule has 55 heavy (non-hydrogen) atoms. The van der Waals surface area contributed by atoms with Crippen LogP contribution in [0.2, 0.25) is 0 Å². The van der Waals surface area contributed by atoms with Gasteiger partial charge in [0, 0.05) is 43.2 Å². The number of hydrogen-bond donors (Lipinski definition) is 5. The van der Waals surface area contributed by atoms with E-state index in [0.717, 1.165) is 79.5 Å². The number of carbonyl (C=O) groups is 1. The lowest BCUT2D eigenvalue weighted by molar-refractivity contribution is -0.0289. The fraction of sp³-hybridized carbons (Fsp3) is 0.326. The number of anilines is 1. The van der Waals surface area contributed by atoms with Crippen molar-refractivity contribution in [1.29, 1.82) is 0 Å². The molecule has 12 heteroatoms. The normalized spacial score (nSPS) is 18.5. The third-order valence-electron chi connectivity index (χ3n) is 11.0. The molecule has 0 spiro atoms. The number of benzene rings is 4. The quantitative estimate of drug-likeness (QED) is 0.0856. The standard InChI is InChI=1S/C43H45N5O7/c49-36-15-11-31(32-12-16-40(51)46-41(32)36)37(50)25-44-24-28-10-14-35-38(23-28)55-43(53)48(35)19-5-4-6-27-9-13-34(33(22-27)29-7-2-1-3-8-29)45-42(52)54-39-26-47-20-17-30(39)18-21-47/h1-3,7-16,22-23,30,37,39,44,49-50H,4-6,17-21,24-26H2,(H,45,52)(H,46,51)/t37-,39-/m0/s1. The van der Waals surface area contributed by atoms with E-state index < -0.39 is 18.0 Å². The third-order valence-corrected chi connectivity index (χ3v) is 11.0. The number of amides is 1. The first kappa shape index (κ1) is 36.3. The molecular weight excluding hydrogens is 699 g/mol. The second-order valence-electron chi connectivity index (χ2n) is 14.7. The maximum absolute atomic E-state index is 13.0. The Balaban J connectivity index is 0.864. The minimum absolute atomic E-state index is 0.0608. The number of aromatic nitrogens is 2. The molecule has 4 aromatic carbocycles. The lowest BCUT2D eigenvalue weighted by atomic mass is 9.86. The molecule has 6 aromatic rings. The second-order valence-corrected chi connectivity index (χ2v) is 14.7. The third kappa shape index (κ3) is 8.07. The van der Waals surface area contributed by atoms with Gasteiger partial charge in [0.15, 0.2) is 5.58 Å². The number of unbranched alkanes of at least 4 members (excludes halogenated alkanes) is 1. The monoisotopic (exact) mass is 743 g/mol. The highest BCUT2D eigenvalue weighted by Crippen LogP contribution is 2.33. The first-order valence-corrected chi connectivity index (χ1v) is 19.0. The summed E-state index contributed by atoms with van der Waals surface area (Å²) < 4.78 is 13.2. The minimum Gasteiger partial charge on any atom is -0.506 e. The number of carbonyl (C=O) groups excluding carboxylic acids is 1. The van der Waals surface area contributed by atoms with Crippen molar-refractivity contribution >= 4 is 33.8 Å². The van der Waals surface area contributed by atoms with Crippen molar-refractivity contribution in [3.8, 4) is 16.9 Å². The number of aliphatic hydroxyl groups is 1. The van der Waals surface area contributed by atoms with Crippen LogP contribution in [0.5, 0.6) is 5.75 Å². The molecule has 3 aliphatic heterocycles. The lowest BCUT2D eigenvalue weighted by Crippen LogP contribution is -2.52. The molecule has 12 nitrogen and oxygen atoms in total. The zero-order valence-electron chi connectivity index (χ0n) is 30.5. The molecule has 2 atom stereocenters. The van der Waals surface area contributed by atoms with Crippen molar-refractivity contribution in [2.45, 2.75) is 57.4 Å². The average molecular weight is 744 g/mol. The zero-order valence-corrected chi connectivity index (χ0v) is 30.5. The molecule has 1 amide bonds. The number of phenolic OH excluding ortho intramolecular Hbond substituents is 1. The van der Waals surface area contributed by atoms with Crippen LogP contribution in [-0.4, -0.2) is 63.0 Å². The van der Waals surface area contributed by atoms with Gasteiger partial charge < -0.3 is 29.7 Å². The van der Waals surface area contributed by atoms with Gasteiger partial charge in [-0.3, -0.25) is 19.6 Å². The molecule has 9 rings (SSSR count). The Morgan fingerprint density at radius 3 is 2.56 bits per heavy atom. The van der Waals surface area contributed by atoms with Gasteiger partial charge in [0.05, 0.1) is 22.8 Å². The summed E-state index contributed by atoms with van der Waals surface area (Å²) >= 11 is 0. The number of piperidine rings is 3. The summed E-state index contributed by atoms with van der Waals surface area (Å²) in [5.41, 5.74) is 6.44. The van der Waals surface area contributed by atoms with Crippen LogP contribution in [-0.2, 0) is 24.2 Å². The van der Waals surface area contributed by atoms with Crippen molar-refractivity contribution in [2.75, 3.05) is 31.5 Å². The Kier molecular flexibility index (Phi) is 10.5. The Morgan fingerprint density at radius 2 is 1.76 bits per heavy atom. The van der Waals surface area contributed by atoms with Crippen molar-refractivity contribution in [2.24, 2.45) is 5.92 Å². The number of hydrogen-bond acceptors (Lipinski definition) is 9. The molecule has 5 heterocycles. The van der Waals surface area contributed by atoms with Gasteiger partial charge in [0.1, 0.15) is 11.9 Å². The molecule has 2 bridgehead atoms. The maximum Gasteiger partial charge on any atom is 0.419 e. The van der Waals surface area contributed by atoms with Gasteiger partial charge in [-0.1, -0.05) is 48.5 Å². The van der Waals surface area contributed by atoms with Gasteiger partial charge in [-0.25, -0.2) is 9.59 Å². The first-order chi connectivity index (χ1) is 26.8. The van der Waals surface area contributed by atoms with Crippen molar-refractivity contribution in [1.82, 2.24) is 19.8 Å². The Bertz CT molecular complexity index is 2430. The van der Waals surface area contributed by atoms with Crippen molar-refractivity contribution in [3.63, 3.8) is 0 Å². The molecule has 0 unspecified atom stereocenters. The number of H-pyrrole nitrogens is 1. The zero-order chi connectivity index (χ0) is 37.9. The van der Waals surface area contributed by atoms with E-state index in [2.05, 4.69) is 26.6 Å². The molecular formula is C43H45N5O7. The maximum atomic E-state index is 13.0. The predicted octanol–water partition coefficient (Wildman–Crippen LogP) is 6.30. The molecule has 284 valence electrons. The number of aromatic hydroxyl groups is 1. The van der Waals surface area contributed by atoms with Crippen LogP contribution >= 0.6 is 0 Å². The van der Waals surface area contributed by atoms with Crippen LogP contribution < -0.4 is 21.9 Å².